The van der Waals surface area contributed by atoms with Gasteiger partial charge in [-0.05, 0) is 13.0 Å². The van der Waals surface area contributed by atoms with Gasteiger partial charge in [0.1, 0.15) is 0 Å². The average Bonchev–Trinajstić information content (AvgIpc) is 2.43. The van der Waals surface area contributed by atoms with E-state index in [-0.39, 0.29) is 18.6 Å². The third-order valence-electron chi connectivity index (χ3n) is 2.27. The molecule has 1 aliphatic rings. The van der Waals surface area contributed by atoms with E-state index in [1.165, 1.54) is 6.92 Å². The minimum atomic E-state index is -1.22. The van der Waals surface area contributed by atoms with Crippen molar-refractivity contribution in [2.24, 2.45) is 5.92 Å². The second kappa shape index (κ2) is 8.59. The van der Waals surface area contributed by atoms with Crippen LogP contribution in [0.5, 0.6) is 0 Å². The summed E-state index contributed by atoms with van der Waals surface area (Å²) in [5, 5.41) is 9.17. The van der Waals surface area contributed by atoms with Gasteiger partial charge in [0.25, 0.3) is 0 Å². The molecule has 1 rings (SSSR count). The summed E-state index contributed by atoms with van der Waals surface area (Å²) >= 11 is 0. The topological polar surface area (TPSA) is 149 Å². The number of hydrogen-bond acceptors (Lipinski definition) is 11. The van der Waals surface area contributed by atoms with Gasteiger partial charge in [0.05, 0.1) is 30.9 Å². The molecule has 0 aromatic rings. The van der Waals surface area contributed by atoms with Gasteiger partial charge >= 0.3 is 23.9 Å². The summed E-state index contributed by atoms with van der Waals surface area (Å²) in [4.78, 5) is 62.8. The molecule has 1 atom stereocenters. The maximum atomic E-state index is 11.7. The molecule has 0 spiro atoms. The van der Waals surface area contributed by atoms with Crippen molar-refractivity contribution in [1.82, 2.24) is 11.3 Å². The van der Waals surface area contributed by atoms with Gasteiger partial charge in [-0.3, -0.25) is 14.4 Å². The molecule has 1 saturated heterocycles. The molecular formula is C11H14N2O9. The number of rotatable bonds is 1. The van der Waals surface area contributed by atoms with Crippen LogP contribution in [0.2, 0.25) is 0 Å². The fourth-order valence-corrected chi connectivity index (χ4v) is 1.33. The van der Waals surface area contributed by atoms with Crippen LogP contribution >= 0.6 is 0 Å². The molecule has 22 heavy (non-hydrogen) atoms. The van der Waals surface area contributed by atoms with Gasteiger partial charge in [0, 0.05) is 11.3 Å². The van der Waals surface area contributed by atoms with Crippen LogP contribution in [0.25, 0.3) is 0 Å². The van der Waals surface area contributed by atoms with E-state index in [4.69, 9.17) is 5.11 Å². The van der Waals surface area contributed by atoms with E-state index in [0.29, 0.717) is 0 Å². The Morgan fingerprint density at radius 3 is 2.05 bits per heavy atom. The first-order valence-corrected chi connectivity index (χ1v) is 6.05. The van der Waals surface area contributed by atoms with Crippen molar-refractivity contribution >= 4 is 23.9 Å². The fraction of sp³-hybridized carbons (Fsp3) is 0.455. The summed E-state index contributed by atoms with van der Waals surface area (Å²) in [5.74, 6) is -5.18. The number of allylic oxidation sites excluding steroid dienone is 1. The molecule has 0 bridgehead atoms. The number of hydrogen-bond donors (Lipinski definition) is 3. The standard InChI is InChI=1S/C11H14N2O9/c1-6(14)4-7-5-10(17)21-12-19-8(15)2-3-9(16)20-13-22-11(7)18/h4,7,12-14H,2-3,5H2,1H3/b6-4+. The van der Waals surface area contributed by atoms with Gasteiger partial charge in [-0.2, -0.15) is 0 Å². The zero-order valence-electron chi connectivity index (χ0n) is 11.5. The molecule has 1 aliphatic heterocycles. The van der Waals surface area contributed by atoms with Crippen LogP contribution < -0.4 is 11.3 Å². The molecule has 0 radical (unpaired) electrons. The Morgan fingerprint density at radius 1 is 1.00 bits per heavy atom. The highest BCUT2D eigenvalue weighted by atomic mass is 16.9. The second-order valence-electron chi connectivity index (χ2n) is 4.13. The summed E-state index contributed by atoms with van der Waals surface area (Å²) in [6.45, 7) is 1.28. The van der Waals surface area contributed by atoms with Crippen molar-refractivity contribution in [1.29, 1.82) is 0 Å². The number of aliphatic hydroxyl groups is 1. The van der Waals surface area contributed by atoms with Crippen LogP contribution in [0, 0.1) is 5.92 Å². The molecule has 3 N–H and O–H groups in total. The van der Waals surface area contributed by atoms with Crippen molar-refractivity contribution < 1.29 is 43.6 Å². The SMILES string of the molecule is C/C(O)=C\C1CC(=O)ONOC(=O)CCC(=O)ONOC1=O. The third kappa shape index (κ3) is 6.67. The smallest absolute Gasteiger partial charge is 0.336 e. The molecule has 0 aromatic heterocycles. The Labute approximate surface area is 124 Å². The minimum absolute atomic E-state index is 0.243. The van der Waals surface area contributed by atoms with Crippen molar-refractivity contribution in [3.8, 4) is 0 Å². The normalized spacial score (nSPS) is 22.8. The first-order valence-electron chi connectivity index (χ1n) is 6.05. The molecule has 122 valence electrons. The van der Waals surface area contributed by atoms with Gasteiger partial charge < -0.3 is 24.5 Å². The first kappa shape index (κ1) is 17.4. The Bertz CT molecular complexity index is 484. The van der Waals surface area contributed by atoms with Crippen LogP contribution in [-0.4, -0.2) is 29.0 Å². The van der Waals surface area contributed by atoms with Crippen LogP contribution in [0.3, 0.4) is 0 Å². The molecule has 1 fully saturated rings. The lowest BCUT2D eigenvalue weighted by Gasteiger charge is -2.13. The summed E-state index contributed by atoms with van der Waals surface area (Å²) in [7, 11) is 0. The molecule has 1 heterocycles. The van der Waals surface area contributed by atoms with Gasteiger partial charge in [0.2, 0.25) is 0 Å². The summed E-state index contributed by atoms with van der Waals surface area (Å²) in [6, 6.07) is 0. The predicted molar refractivity (Wildman–Crippen MR) is 64.4 cm³/mol. The average molecular weight is 318 g/mol. The lowest BCUT2D eigenvalue weighted by Crippen LogP contribution is -2.32. The number of carbonyl (C=O) groups is 4. The zero-order chi connectivity index (χ0) is 16.5. The number of aliphatic hydroxyl groups excluding tert-OH is 1. The van der Waals surface area contributed by atoms with Crippen molar-refractivity contribution in [3.05, 3.63) is 11.8 Å². The summed E-state index contributed by atoms with van der Waals surface area (Å²) < 4.78 is 0. The van der Waals surface area contributed by atoms with E-state index in [2.05, 4.69) is 19.4 Å². The van der Waals surface area contributed by atoms with Crippen LogP contribution in [0.15, 0.2) is 11.8 Å². The maximum Gasteiger partial charge on any atom is 0.336 e. The fourth-order valence-electron chi connectivity index (χ4n) is 1.33. The molecule has 0 aromatic carbocycles. The van der Waals surface area contributed by atoms with Crippen molar-refractivity contribution in [2.45, 2.75) is 26.2 Å². The van der Waals surface area contributed by atoms with Crippen LogP contribution in [-0.2, 0) is 38.5 Å². The number of nitrogens with one attached hydrogen (secondary N) is 2. The highest BCUT2D eigenvalue weighted by Crippen LogP contribution is 2.11. The van der Waals surface area contributed by atoms with E-state index in [1.54, 1.807) is 11.3 Å². The predicted octanol–water partition coefficient (Wildman–Crippen LogP) is -0.740. The zero-order valence-corrected chi connectivity index (χ0v) is 11.5. The molecule has 0 saturated carbocycles. The second-order valence-corrected chi connectivity index (χ2v) is 4.13. The largest absolute Gasteiger partial charge is 0.513 e. The lowest BCUT2D eigenvalue weighted by molar-refractivity contribution is -0.209. The van der Waals surface area contributed by atoms with E-state index < -0.39 is 36.2 Å². The van der Waals surface area contributed by atoms with E-state index >= 15 is 0 Å². The number of carbonyl (C=O) groups excluding carboxylic acids is 4. The van der Waals surface area contributed by atoms with Crippen LogP contribution in [0.4, 0.5) is 0 Å². The van der Waals surface area contributed by atoms with Crippen molar-refractivity contribution in [2.75, 3.05) is 0 Å². The Morgan fingerprint density at radius 2 is 1.50 bits per heavy atom. The lowest BCUT2D eigenvalue weighted by atomic mass is 10.1. The van der Waals surface area contributed by atoms with Gasteiger partial charge in [-0.1, -0.05) is 0 Å². The Hall–Kier alpha value is -2.66. The van der Waals surface area contributed by atoms with Crippen molar-refractivity contribution in [3.63, 3.8) is 0 Å². The summed E-state index contributed by atoms with van der Waals surface area (Å²) in [6.07, 6.45) is -0.214. The Balaban J connectivity index is 2.75. The van der Waals surface area contributed by atoms with E-state index in [0.717, 1.165) is 6.08 Å². The maximum absolute atomic E-state index is 11.7. The first-order chi connectivity index (χ1) is 10.4. The van der Waals surface area contributed by atoms with Gasteiger partial charge in [-0.25, -0.2) is 4.79 Å². The quantitative estimate of drug-likeness (QED) is 0.524. The molecule has 1 unspecified atom stereocenters. The molecular weight excluding hydrogens is 304 g/mol. The monoisotopic (exact) mass is 318 g/mol. The van der Waals surface area contributed by atoms with Crippen LogP contribution in [0.1, 0.15) is 26.2 Å². The van der Waals surface area contributed by atoms with E-state index in [9.17, 15) is 19.2 Å². The molecule has 0 amide bonds. The highest BCUT2D eigenvalue weighted by molar-refractivity contribution is 5.81. The third-order valence-corrected chi connectivity index (χ3v) is 2.27. The Kier molecular flexibility index (Phi) is 6.79. The molecule has 11 nitrogen and oxygen atoms in total. The minimum Gasteiger partial charge on any atom is -0.513 e. The molecule has 11 heteroatoms. The van der Waals surface area contributed by atoms with E-state index in [1.807, 2.05) is 0 Å². The molecule has 0 aliphatic carbocycles. The van der Waals surface area contributed by atoms with Gasteiger partial charge in [0.15, 0.2) is 0 Å². The van der Waals surface area contributed by atoms with Gasteiger partial charge in [-0.15, -0.1) is 0 Å². The highest BCUT2D eigenvalue weighted by Gasteiger charge is 2.24. The summed E-state index contributed by atoms with van der Waals surface area (Å²) in [5.41, 5.74) is 3.28.